The van der Waals surface area contributed by atoms with Crippen LogP contribution in [-0.4, -0.2) is 12.1 Å². The number of hydrogen-bond acceptors (Lipinski definition) is 1. The summed E-state index contributed by atoms with van der Waals surface area (Å²) in [5.41, 5.74) is 0. The first-order valence-corrected chi connectivity index (χ1v) is 5.67. The van der Waals surface area contributed by atoms with E-state index in [0.29, 0.717) is 12.1 Å². The standard InChI is InChI=1S/C12H27N/c1-9(2)7-11(5)13-12(6)8-10(3)4/h9-13H,7-8H2,1-6H3/t11-,12-/m0/s1. The SMILES string of the molecule is CC(C)C[C@H](C)N[C@@H](C)CC(C)C. The Balaban J connectivity index is 3.58. The highest BCUT2D eigenvalue weighted by Gasteiger charge is 2.09. The predicted octanol–water partition coefficient (Wildman–Crippen LogP) is 3.45. The monoisotopic (exact) mass is 185 g/mol. The molecule has 0 aliphatic heterocycles. The summed E-state index contributed by atoms with van der Waals surface area (Å²) >= 11 is 0. The third-order valence-electron chi connectivity index (χ3n) is 2.22. The molecule has 0 aromatic carbocycles. The zero-order valence-corrected chi connectivity index (χ0v) is 10.2. The van der Waals surface area contributed by atoms with Gasteiger partial charge in [0.25, 0.3) is 0 Å². The minimum absolute atomic E-state index is 0.661. The van der Waals surface area contributed by atoms with Gasteiger partial charge >= 0.3 is 0 Å². The van der Waals surface area contributed by atoms with Gasteiger partial charge in [-0.15, -0.1) is 0 Å². The minimum Gasteiger partial charge on any atom is -0.312 e. The van der Waals surface area contributed by atoms with Crippen molar-refractivity contribution in [1.29, 1.82) is 0 Å². The van der Waals surface area contributed by atoms with Gasteiger partial charge in [-0.2, -0.15) is 0 Å². The highest BCUT2D eigenvalue weighted by atomic mass is 14.9. The van der Waals surface area contributed by atoms with Crippen molar-refractivity contribution in [2.24, 2.45) is 11.8 Å². The van der Waals surface area contributed by atoms with E-state index < -0.39 is 0 Å². The van der Waals surface area contributed by atoms with Crippen molar-refractivity contribution >= 4 is 0 Å². The smallest absolute Gasteiger partial charge is 0.00436 e. The number of rotatable bonds is 6. The summed E-state index contributed by atoms with van der Waals surface area (Å²) in [5.74, 6) is 1.60. The van der Waals surface area contributed by atoms with Crippen LogP contribution >= 0.6 is 0 Å². The molecule has 0 fully saturated rings. The van der Waals surface area contributed by atoms with Crippen LogP contribution in [0.4, 0.5) is 0 Å². The minimum atomic E-state index is 0.661. The molecule has 0 aromatic rings. The van der Waals surface area contributed by atoms with Crippen molar-refractivity contribution in [2.75, 3.05) is 0 Å². The van der Waals surface area contributed by atoms with Crippen molar-refractivity contribution < 1.29 is 0 Å². The summed E-state index contributed by atoms with van der Waals surface area (Å²) in [6, 6.07) is 1.32. The summed E-state index contributed by atoms with van der Waals surface area (Å²) < 4.78 is 0. The molecule has 0 amide bonds. The molecule has 80 valence electrons. The fourth-order valence-corrected chi connectivity index (χ4v) is 2.04. The molecule has 0 rings (SSSR count). The molecule has 13 heavy (non-hydrogen) atoms. The molecule has 0 unspecified atom stereocenters. The Kier molecular flexibility index (Phi) is 6.40. The third kappa shape index (κ3) is 8.29. The van der Waals surface area contributed by atoms with Crippen LogP contribution in [0.3, 0.4) is 0 Å². The maximum Gasteiger partial charge on any atom is 0.00436 e. The van der Waals surface area contributed by atoms with E-state index in [-0.39, 0.29) is 0 Å². The molecule has 1 heteroatoms. The van der Waals surface area contributed by atoms with E-state index in [1.54, 1.807) is 0 Å². The second-order valence-electron chi connectivity index (χ2n) is 5.23. The van der Waals surface area contributed by atoms with E-state index in [0.717, 1.165) is 11.8 Å². The first-order chi connectivity index (χ1) is 5.91. The molecule has 0 aliphatic rings. The second-order valence-corrected chi connectivity index (χ2v) is 5.23. The zero-order valence-electron chi connectivity index (χ0n) is 10.2. The molecule has 0 heterocycles. The lowest BCUT2D eigenvalue weighted by atomic mass is 10.0. The lowest BCUT2D eigenvalue weighted by Gasteiger charge is -2.22. The van der Waals surface area contributed by atoms with Crippen LogP contribution in [0, 0.1) is 11.8 Å². The Morgan fingerprint density at radius 3 is 1.23 bits per heavy atom. The topological polar surface area (TPSA) is 12.0 Å². The molecule has 0 saturated heterocycles. The lowest BCUT2D eigenvalue weighted by molar-refractivity contribution is 0.365. The highest BCUT2D eigenvalue weighted by Crippen LogP contribution is 2.08. The molecule has 0 radical (unpaired) electrons. The van der Waals surface area contributed by atoms with E-state index in [4.69, 9.17) is 0 Å². The lowest BCUT2D eigenvalue weighted by Crippen LogP contribution is -2.36. The first kappa shape index (κ1) is 13.0. The molecule has 0 saturated carbocycles. The number of nitrogens with one attached hydrogen (secondary N) is 1. The average molecular weight is 185 g/mol. The molecule has 2 atom stereocenters. The normalized spacial score (nSPS) is 16.6. The molecule has 0 aliphatic carbocycles. The maximum absolute atomic E-state index is 3.64. The van der Waals surface area contributed by atoms with Gasteiger partial charge in [0.2, 0.25) is 0 Å². The van der Waals surface area contributed by atoms with E-state index in [1.165, 1.54) is 12.8 Å². The van der Waals surface area contributed by atoms with Gasteiger partial charge in [0, 0.05) is 12.1 Å². The fourth-order valence-electron chi connectivity index (χ4n) is 2.04. The number of hydrogen-bond donors (Lipinski definition) is 1. The van der Waals surface area contributed by atoms with Crippen LogP contribution in [0.25, 0.3) is 0 Å². The molecule has 0 bridgehead atoms. The van der Waals surface area contributed by atoms with Crippen LogP contribution < -0.4 is 5.32 Å². The van der Waals surface area contributed by atoms with Gasteiger partial charge < -0.3 is 5.32 Å². The van der Waals surface area contributed by atoms with Crippen molar-refractivity contribution in [3.63, 3.8) is 0 Å². The maximum atomic E-state index is 3.64. The van der Waals surface area contributed by atoms with Crippen LogP contribution in [-0.2, 0) is 0 Å². The van der Waals surface area contributed by atoms with Gasteiger partial charge in [-0.25, -0.2) is 0 Å². The van der Waals surface area contributed by atoms with E-state index >= 15 is 0 Å². The van der Waals surface area contributed by atoms with Crippen molar-refractivity contribution in [3.8, 4) is 0 Å². The van der Waals surface area contributed by atoms with Gasteiger partial charge in [0.05, 0.1) is 0 Å². The van der Waals surface area contributed by atoms with E-state index in [9.17, 15) is 0 Å². The first-order valence-electron chi connectivity index (χ1n) is 5.67. The highest BCUT2D eigenvalue weighted by molar-refractivity contribution is 4.69. The summed E-state index contributed by atoms with van der Waals surface area (Å²) in [6.45, 7) is 13.7. The van der Waals surface area contributed by atoms with Crippen molar-refractivity contribution in [3.05, 3.63) is 0 Å². The summed E-state index contributed by atoms with van der Waals surface area (Å²) in [5, 5.41) is 3.64. The molecular weight excluding hydrogens is 158 g/mol. The van der Waals surface area contributed by atoms with Crippen molar-refractivity contribution in [2.45, 2.75) is 66.5 Å². The molecule has 0 aromatic heterocycles. The van der Waals surface area contributed by atoms with Gasteiger partial charge in [0.1, 0.15) is 0 Å². The van der Waals surface area contributed by atoms with Crippen LogP contribution in [0.2, 0.25) is 0 Å². The third-order valence-corrected chi connectivity index (χ3v) is 2.22. The molecule has 1 N–H and O–H groups in total. The summed E-state index contributed by atoms with van der Waals surface area (Å²) in [6.07, 6.45) is 2.56. The molecule has 0 spiro atoms. The van der Waals surface area contributed by atoms with Gasteiger partial charge in [-0.3, -0.25) is 0 Å². The Morgan fingerprint density at radius 2 is 1.00 bits per heavy atom. The Labute approximate surface area is 84.3 Å². The van der Waals surface area contributed by atoms with Crippen LogP contribution in [0.1, 0.15) is 54.4 Å². The van der Waals surface area contributed by atoms with E-state index in [2.05, 4.69) is 46.9 Å². The predicted molar refractivity (Wildman–Crippen MR) is 61.0 cm³/mol. The average Bonchev–Trinajstić information content (AvgIpc) is 1.80. The molecular formula is C12H27N. The van der Waals surface area contributed by atoms with Gasteiger partial charge in [-0.1, -0.05) is 27.7 Å². The summed E-state index contributed by atoms with van der Waals surface area (Å²) in [4.78, 5) is 0. The fraction of sp³-hybridized carbons (Fsp3) is 1.00. The van der Waals surface area contributed by atoms with Gasteiger partial charge in [-0.05, 0) is 38.5 Å². The Morgan fingerprint density at radius 1 is 0.692 bits per heavy atom. The van der Waals surface area contributed by atoms with Gasteiger partial charge in [0.15, 0.2) is 0 Å². The van der Waals surface area contributed by atoms with Crippen molar-refractivity contribution in [1.82, 2.24) is 5.32 Å². The summed E-state index contributed by atoms with van der Waals surface area (Å²) in [7, 11) is 0. The molecule has 1 nitrogen and oxygen atoms in total. The Bertz CT molecular complexity index is 104. The van der Waals surface area contributed by atoms with Crippen LogP contribution in [0.5, 0.6) is 0 Å². The Hall–Kier alpha value is -0.0400. The second kappa shape index (κ2) is 6.42. The van der Waals surface area contributed by atoms with Crippen LogP contribution in [0.15, 0.2) is 0 Å². The van der Waals surface area contributed by atoms with E-state index in [1.807, 2.05) is 0 Å². The largest absolute Gasteiger partial charge is 0.312 e. The quantitative estimate of drug-likeness (QED) is 0.668. The zero-order chi connectivity index (χ0) is 10.4.